The van der Waals surface area contributed by atoms with Gasteiger partial charge in [0.2, 0.25) is 0 Å². The van der Waals surface area contributed by atoms with E-state index >= 15 is 0 Å². The maximum absolute atomic E-state index is 12.5. The lowest BCUT2D eigenvalue weighted by atomic mass is 9.84. The fraction of sp³-hybridized carbons (Fsp3) is 0.632. The van der Waals surface area contributed by atoms with Gasteiger partial charge in [-0.25, -0.2) is 14.6 Å². The minimum Gasteiger partial charge on any atom is -0.480 e. The smallest absolute Gasteiger partial charge is 0.410 e. The monoisotopic (exact) mass is 442 g/mol. The van der Waals surface area contributed by atoms with Gasteiger partial charge in [0.15, 0.2) is 0 Å². The third-order valence-corrected chi connectivity index (χ3v) is 4.89. The molecule has 0 aromatic carbocycles. The van der Waals surface area contributed by atoms with Gasteiger partial charge in [-0.3, -0.25) is 0 Å². The summed E-state index contributed by atoms with van der Waals surface area (Å²) in [6, 6.07) is 3.70. The van der Waals surface area contributed by atoms with Crippen molar-refractivity contribution in [2.24, 2.45) is 0 Å². The fourth-order valence-electron chi connectivity index (χ4n) is 3.14. The molecule has 2 heterocycles. The van der Waals surface area contributed by atoms with Gasteiger partial charge in [0.1, 0.15) is 16.8 Å². The molecule has 1 N–H and O–H groups in total. The number of hydrogen-bond donors (Lipinski definition) is 1. The molecule has 27 heavy (non-hydrogen) atoms. The van der Waals surface area contributed by atoms with Crippen molar-refractivity contribution >= 4 is 28.0 Å². The number of pyridine rings is 1. The first kappa shape index (κ1) is 21.6. The standard InChI is InChI=1S/C19H27BrN2O5/c1-18(2,3)27-17(25)22-10-5-4-8-19(9-11-22,26-13-16(23)24)14-6-7-15(20)21-12-14/h6-7,12H,4-5,8-11,13H2,1-3H3,(H,23,24). The summed E-state index contributed by atoms with van der Waals surface area (Å²) in [7, 11) is 0. The maximum atomic E-state index is 12.5. The topological polar surface area (TPSA) is 89.0 Å². The van der Waals surface area contributed by atoms with Crippen LogP contribution in [0.2, 0.25) is 0 Å². The fourth-order valence-corrected chi connectivity index (χ4v) is 3.37. The van der Waals surface area contributed by atoms with Crippen molar-refractivity contribution in [1.82, 2.24) is 9.88 Å². The lowest BCUT2D eigenvalue weighted by molar-refractivity contribution is -0.153. The van der Waals surface area contributed by atoms with Crippen molar-refractivity contribution in [3.63, 3.8) is 0 Å². The summed E-state index contributed by atoms with van der Waals surface area (Å²) in [6.45, 7) is 6.14. The Morgan fingerprint density at radius 3 is 2.59 bits per heavy atom. The molecule has 1 saturated heterocycles. The molecule has 0 radical (unpaired) electrons. The second kappa shape index (κ2) is 9.01. The number of aliphatic carboxylic acids is 1. The minimum atomic E-state index is -1.02. The molecule has 150 valence electrons. The van der Waals surface area contributed by atoms with Crippen molar-refractivity contribution in [3.8, 4) is 0 Å². The van der Waals surface area contributed by atoms with E-state index in [2.05, 4.69) is 20.9 Å². The third kappa shape index (κ3) is 6.46. The molecule has 0 spiro atoms. The van der Waals surface area contributed by atoms with Crippen molar-refractivity contribution in [1.29, 1.82) is 0 Å². The van der Waals surface area contributed by atoms with Crippen molar-refractivity contribution in [2.75, 3.05) is 19.7 Å². The number of carbonyl (C=O) groups excluding carboxylic acids is 1. The van der Waals surface area contributed by atoms with Crippen LogP contribution < -0.4 is 0 Å². The third-order valence-electron chi connectivity index (χ3n) is 4.42. The number of nitrogens with zero attached hydrogens (tertiary/aromatic N) is 2. The molecule has 1 amide bonds. The number of amides is 1. The maximum Gasteiger partial charge on any atom is 0.410 e. The molecule has 1 atom stereocenters. The molecule has 1 fully saturated rings. The van der Waals surface area contributed by atoms with E-state index in [1.807, 2.05) is 32.9 Å². The number of carboxylic acids is 1. The Kier molecular flexibility index (Phi) is 7.22. The van der Waals surface area contributed by atoms with Crippen LogP contribution in [-0.2, 0) is 19.9 Å². The molecule has 8 heteroatoms. The van der Waals surface area contributed by atoms with Crippen LogP contribution in [0.4, 0.5) is 4.79 Å². The average molecular weight is 443 g/mol. The number of halogens is 1. The highest BCUT2D eigenvalue weighted by Gasteiger charge is 2.37. The van der Waals surface area contributed by atoms with Gasteiger partial charge in [-0.1, -0.05) is 6.07 Å². The zero-order chi connectivity index (χ0) is 20.1. The van der Waals surface area contributed by atoms with Gasteiger partial charge in [0.25, 0.3) is 0 Å². The summed E-state index contributed by atoms with van der Waals surface area (Å²) in [4.78, 5) is 29.6. The van der Waals surface area contributed by atoms with Gasteiger partial charge in [0, 0.05) is 24.8 Å². The number of carbonyl (C=O) groups is 2. The van der Waals surface area contributed by atoms with Gasteiger partial charge >= 0.3 is 12.1 Å². The molecule has 0 saturated carbocycles. The Hall–Kier alpha value is -1.67. The molecule has 0 bridgehead atoms. The lowest BCUT2D eigenvalue weighted by Gasteiger charge is -2.38. The highest BCUT2D eigenvalue weighted by atomic mass is 79.9. The van der Waals surface area contributed by atoms with E-state index in [0.29, 0.717) is 30.5 Å². The number of ether oxygens (including phenoxy) is 2. The predicted octanol–water partition coefficient (Wildman–Crippen LogP) is 3.95. The van der Waals surface area contributed by atoms with E-state index in [4.69, 9.17) is 14.6 Å². The zero-order valence-electron chi connectivity index (χ0n) is 16.0. The van der Waals surface area contributed by atoms with Crippen LogP contribution in [0.15, 0.2) is 22.9 Å². The average Bonchev–Trinajstić information content (AvgIpc) is 2.54. The normalized spacial score (nSPS) is 21.3. The van der Waals surface area contributed by atoms with Gasteiger partial charge in [-0.15, -0.1) is 0 Å². The summed E-state index contributed by atoms with van der Waals surface area (Å²) >= 11 is 3.32. The molecular weight excluding hydrogens is 416 g/mol. The summed E-state index contributed by atoms with van der Waals surface area (Å²) < 4.78 is 12.1. The first-order valence-corrected chi connectivity index (χ1v) is 9.86. The second-order valence-electron chi connectivity index (χ2n) is 7.72. The van der Waals surface area contributed by atoms with E-state index in [1.54, 1.807) is 11.1 Å². The molecule has 1 aromatic rings. The van der Waals surface area contributed by atoms with Crippen molar-refractivity contribution in [3.05, 3.63) is 28.5 Å². The summed E-state index contributed by atoms with van der Waals surface area (Å²) in [5.41, 5.74) is -0.545. The van der Waals surface area contributed by atoms with Gasteiger partial charge < -0.3 is 19.5 Å². The van der Waals surface area contributed by atoms with Crippen LogP contribution in [0.25, 0.3) is 0 Å². The quantitative estimate of drug-likeness (QED) is 0.709. The van der Waals surface area contributed by atoms with Crippen LogP contribution in [0.1, 0.15) is 52.0 Å². The van der Waals surface area contributed by atoms with Gasteiger partial charge in [0.05, 0.1) is 5.60 Å². The number of likely N-dealkylation sites (tertiary alicyclic amines) is 1. The SMILES string of the molecule is CC(C)(C)OC(=O)N1CCCCC(OCC(=O)O)(c2ccc(Br)nc2)CC1. The van der Waals surface area contributed by atoms with Gasteiger partial charge in [-0.05, 0) is 68.5 Å². The van der Waals surface area contributed by atoms with Crippen LogP contribution in [0, 0.1) is 0 Å². The Labute approximate surface area is 168 Å². The largest absolute Gasteiger partial charge is 0.480 e. The molecular formula is C19H27BrN2O5. The second-order valence-corrected chi connectivity index (χ2v) is 8.53. The highest BCUT2D eigenvalue weighted by molar-refractivity contribution is 9.10. The Balaban J connectivity index is 2.23. The number of rotatable bonds is 4. The predicted molar refractivity (Wildman–Crippen MR) is 103 cm³/mol. The molecule has 1 aliphatic heterocycles. The molecule has 1 aromatic heterocycles. The van der Waals surface area contributed by atoms with Crippen LogP contribution in [0.3, 0.4) is 0 Å². The summed E-state index contributed by atoms with van der Waals surface area (Å²) in [5.74, 6) is -1.02. The first-order chi connectivity index (χ1) is 12.6. The minimum absolute atomic E-state index is 0.356. The van der Waals surface area contributed by atoms with E-state index in [0.717, 1.165) is 18.4 Å². The van der Waals surface area contributed by atoms with E-state index in [9.17, 15) is 9.59 Å². The van der Waals surface area contributed by atoms with E-state index in [-0.39, 0.29) is 6.09 Å². The highest BCUT2D eigenvalue weighted by Crippen LogP contribution is 2.37. The number of aromatic nitrogens is 1. The molecule has 1 aliphatic rings. The molecule has 7 nitrogen and oxygen atoms in total. The summed E-state index contributed by atoms with van der Waals surface area (Å²) in [5, 5.41) is 9.11. The van der Waals surface area contributed by atoms with E-state index < -0.39 is 23.8 Å². The van der Waals surface area contributed by atoms with Crippen LogP contribution in [-0.4, -0.2) is 52.4 Å². The number of carboxylic acid groups (broad SMARTS) is 1. The Morgan fingerprint density at radius 1 is 1.26 bits per heavy atom. The van der Waals surface area contributed by atoms with Crippen molar-refractivity contribution < 1.29 is 24.2 Å². The zero-order valence-corrected chi connectivity index (χ0v) is 17.6. The Bertz CT molecular complexity index is 659. The number of hydrogen-bond acceptors (Lipinski definition) is 5. The molecule has 0 aliphatic carbocycles. The molecule has 2 rings (SSSR count). The lowest BCUT2D eigenvalue weighted by Crippen LogP contribution is -2.43. The first-order valence-electron chi connectivity index (χ1n) is 9.07. The van der Waals surface area contributed by atoms with E-state index in [1.165, 1.54) is 0 Å². The molecule has 1 unspecified atom stereocenters. The van der Waals surface area contributed by atoms with Crippen LogP contribution >= 0.6 is 15.9 Å². The van der Waals surface area contributed by atoms with Crippen molar-refractivity contribution in [2.45, 2.75) is 57.7 Å². The Morgan fingerprint density at radius 2 is 2.00 bits per heavy atom. The summed E-state index contributed by atoms with van der Waals surface area (Å²) in [6.07, 6.45) is 4.08. The van der Waals surface area contributed by atoms with Gasteiger partial charge in [-0.2, -0.15) is 0 Å². The van der Waals surface area contributed by atoms with Crippen LogP contribution in [0.5, 0.6) is 0 Å².